The van der Waals surface area contributed by atoms with E-state index in [-0.39, 0.29) is 12.6 Å². The monoisotopic (exact) mass is 200 g/mol. The van der Waals surface area contributed by atoms with Crippen molar-refractivity contribution >= 4 is 6.03 Å². The number of amides is 2. The molecule has 1 fully saturated rings. The molecule has 0 aromatic rings. The van der Waals surface area contributed by atoms with Crippen molar-refractivity contribution < 1.29 is 9.90 Å². The van der Waals surface area contributed by atoms with Crippen LogP contribution < -0.4 is 0 Å². The molecule has 1 aliphatic rings. The van der Waals surface area contributed by atoms with Crippen LogP contribution in [0.15, 0.2) is 0 Å². The van der Waals surface area contributed by atoms with Crippen molar-refractivity contribution in [2.45, 2.75) is 32.7 Å². The molecule has 4 nitrogen and oxygen atoms in total. The van der Waals surface area contributed by atoms with Crippen molar-refractivity contribution in [1.29, 1.82) is 0 Å². The second kappa shape index (κ2) is 5.20. The first-order valence-electron chi connectivity index (χ1n) is 5.41. The average Bonchev–Trinajstić information content (AvgIpc) is 2.99. The Hall–Kier alpha value is -0.770. The minimum absolute atomic E-state index is 0.0590. The van der Waals surface area contributed by atoms with Gasteiger partial charge in [0.1, 0.15) is 0 Å². The number of aliphatic hydroxyl groups is 1. The lowest BCUT2D eigenvalue weighted by Gasteiger charge is -2.28. The highest BCUT2D eigenvalue weighted by atomic mass is 16.3. The predicted octanol–water partition coefficient (Wildman–Crippen LogP) is 0.905. The van der Waals surface area contributed by atoms with Crippen LogP contribution in [0, 0.1) is 0 Å². The van der Waals surface area contributed by atoms with Crippen LogP contribution in [0.2, 0.25) is 0 Å². The summed E-state index contributed by atoms with van der Waals surface area (Å²) in [4.78, 5) is 15.5. The lowest BCUT2D eigenvalue weighted by Crippen LogP contribution is -2.45. The molecular formula is C10H20N2O2. The van der Waals surface area contributed by atoms with Gasteiger partial charge in [-0.3, -0.25) is 0 Å². The molecule has 0 aromatic heterocycles. The van der Waals surface area contributed by atoms with Gasteiger partial charge in [-0.25, -0.2) is 4.79 Å². The zero-order chi connectivity index (χ0) is 10.6. The maximum Gasteiger partial charge on any atom is 0.320 e. The smallest absolute Gasteiger partial charge is 0.320 e. The molecule has 2 amide bonds. The van der Waals surface area contributed by atoms with Gasteiger partial charge in [-0.15, -0.1) is 0 Å². The molecule has 1 saturated carbocycles. The van der Waals surface area contributed by atoms with Crippen molar-refractivity contribution in [2.75, 3.05) is 26.2 Å². The van der Waals surface area contributed by atoms with Crippen LogP contribution in [0.25, 0.3) is 0 Å². The van der Waals surface area contributed by atoms with E-state index in [1.165, 1.54) is 0 Å². The predicted molar refractivity (Wildman–Crippen MR) is 55.1 cm³/mol. The lowest BCUT2D eigenvalue weighted by molar-refractivity contribution is 0.140. The van der Waals surface area contributed by atoms with E-state index in [2.05, 4.69) is 0 Å². The molecule has 4 heteroatoms. The summed E-state index contributed by atoms with van der Waals surface area (Å²) in [6.45, 7) is 5.97. The molecule has 0 aliphatic heterocycles. The Balaban J connectivity index is 2.52. The highest BCUT2D eigenvalue weighted by molar-refractivity contribution is 5.75. The van der Waals surface area contributed by atoms with E-state index < -0.39 is 0 Å². The number of aliphatic hydroxyl groups excluding tert-OH is 1. The van der Waals surface area contributed by atoms with Gasteiger partial charge >= 0.3 is 6.03 Å². The van der Waals surface area contributed by atoms with Gasteiger partial charge in [-0.05, 0) is 26.7 Å². The molecule has 0 heterocycles. The van der Waals surface area contributed by atoms with Gasteiger partial charge in [0.15, 0.2) is 0 Å². The minimum atomic E-state index is 0.0590. The summed E-state index contributed by atoms with van der Waals surface area (Å²) >= 11 is 0. The fourth-order valence-corrected chi connectivity index (χ4v) is 1.60. The third-order valence-corrected chi connectivity index (χ3v) is 2.61. The van der Waals surface area contributed by atoms with Gasteiger partial charge in [0, 0.05) is 25.7 Å². The summed E-state index contributed by atoms with van der Waals surface area (Å²) in [5.74, 6) is 0. The summed E-state index contributed by atoms with van der Waals surface area (Å²) in [6, 6.07) is 0.460. The SMILES string of the molecule is CCN(CC)C(=O)N(CCO)C1CC1. The van der Waals surface area contributed by atoms with E-state index in [1.54, 1.807) is 9.80 Å². The number of hydrogen-bond acceptors (Lipinski definition) is 2. The van der Waals surface area contributed by atoms with Gasteiger partial charge in [-0.1, -0.05) is 0 Å². The Kier molecular flexibility index (Phi) is 4.20. The van der Waals surface area contributed by atoms with Crippen LogP contribution in [0.1, 0.15) is 26.7 Å². The summed E-state index contributed by atoms with van der Waals surface area (Å²) < 4.78 is 0. The minimum Gasteiger partial charge on any atom is -0.395 e. The number of urea groups is 1. The first kappa shape index (κ1) is 11.3. The van der Waals surface area contributed by atoms with Crippen molar-refractivity contribution in [3.8, 4) is 0 Å². The molecule has 14 heavy (non-hydrogen) atoms. The van der Waals surface area contributed by atoms with Crippen LogP contribution in [0.4, 0.5) is 4.79 Å². The number of carbonyl (C=O) groups is 1. The first-order chi connectivity index (χ1) is 6.74. The summed E-state index contributed by atoms with van der Waals surface area (Å²) in [5, 5.41) is 8.88. The Morgan fingerprint density at radius 2 is 1.93 bits per heavy atom. The average molecular weight is 200 g/mol. The highest BCUT2D eigenvalue weighted by Gasteiger charge is 2.33. The first-order valence-corrected chi connectivity index (χ1v) is 5.41. The van der Waals surface area contributed by atoms with E-state index >= 15 is 0 Å². The topological polar surface area (TPSA) is 43.8 Å². The Labute approximate surface area is 85.5 Å². The highest BCUT2D eigenvalue weighted by Crippen LogP contribution is 2.27. The number of hydrogen-bond donors (Lipinski definition) is 1. The third-order valence-electron chi connectivity index (χ3n) is 2.61. The number of carbonyl (C=O) groups excluding carboxylic acids is 1. The van der Waals surface area contributed by atoms with Crippen molar-refractivity contribution in [2.24, 2.45) is 0 Å². The maximum absolute atomic E-state index is 11.9. The largest absolute Gasteiger partial charge is 0.395 e. The summed E-state index contributed by atoms with van der Waals surface area (Å²) in [6.07, 6.45) is 2.18. The molecule has 0 bridgehead atoms. The van der Waals surface area contributed by atoms with E-state index in [1.807, 2.05) is 13.8 Å². The molecule has 1 rings (SSSR count). The van der Waals surface area contributed by atoms with Gasteiger partial charge < -0.3 is 14.9 Å². The maximum atomic E-state index is 11.9. The Bertz CT molecular complexity index is 189. The third kappa shape index (κ3) is 2.61. The molecule has 1 N–H and O–H groups in total. The summed E-state index contributed by atoms with van der Waals surface area (Å²) in [5.41, 5.74) is 0. The molecule has 0 atom stereocenters. The second-order valence-corrected chi connectivity index (χ2v) is 3.60. The Morgan fingerprint density at radius 1 is 1.36 bits per heavy atom. The molecule has 0 saturated heterocycles. The van der Waals surface area contributed by atoms with Crippen molar-refractivity contribution in [3.63, 3.8) is 0 Å². The van der Waals surface area contributed by atoms with Gasteiger partial charge in [-0.2, -0.15) is 0 Å². The molecule has 0 aromatic carbocycles. The van der Waals surface area contributed by atoms with E-state index in [4.69, 9.17) is 5.11 Å². The Morgan fingerprint density at radius 3 is 2.29 bits per heavy atom. The van der Waals surface area contributed by atoms with E-state index in [9.17, 15) is 4.79 Å². The molecular weight excluding hydrogens is 180 g/mol. The van der Waals surface area contributed by atoms with Crippen LogP contribution in [-0.2, 0) is 0 Å². The van der Waals surface area contributed by atoms with Gasteiger partial charge in [0.2, 0.25) is 0 Å². The molecule has 0 radical (unpaired) electrons. The van der Waals surface area contributed by atoms with Crippen LogP contribution in [-0.4, -0.2) is 53.2 Å². The van der Waals surface area contributed by atoms with Crippen LogP contribution in [0.5, 0.6) is 0 Å². The van der Waals surface area contributed by atoms with Crippen LogP contribution >= 0.6 is 0 Å². The van der Waals surface area contributed by atoms with Crippen molar-refractivity contribution in [1.82, 2.24) is 9.80 Å². The molecule has 0 spiro atoms. The van der Waals surface area contributed by atoms with Gasteiger partial charge in [0.05, 0.1) is 6.61 Å². The number of rotatable bonds is 5. The normalized spacial score (nSPS) is 15.4. The van der Waals surface area contributed by atoms with E-state index in [0.717, 1.165) is 25.9 Å². The van der Waals surface area contributed by atoms with Crippen molar-refractivity contribution in [3.05, 3.63) is 0 Å². The molecule has 1 aliphatic carbocycles. The summed E-state index contributed by atoms with van der Waals surface area (Å²) in [7, 11) is 0. The molecule has 0 unspecified atom stereocenters. The second-order valence-electron chi connectivity index (χ2n) is 3.60. The molecule has 82 valence electrons. The number of nitrogens with zero attached hydrogens (tertiary/aromatic N) is 2. The lowest BCUT2D eigenvalue weighted by atomic mass is 10.4. The zero-order valence-corrected chi connectivity index (χ0v) is 9.07. The quantitative estimate of drug-likeness (QED) is 0.716. The fourth-order valence-electron chi connectivity index (χ4n) is 1.60. The zero-order valence-electron chi connectivity index (χ0n) is 9.07. The fraction of sp³-hybridized carbons (Fsp3) is 0.900. The van der Waals surface area contributed by atoms with E-state index in [0.29, 0.717) is 12.6 Å². The van der Waals surface area contributed by atoms with Gasteiger partial charge in [0.25, 0.3) is 0 Å². The van der Waals surface area contributed by atoms with Crippen LogP contribution in [0.3, 0.4) is 0 Å². The standard InChI is InChI=1S/C10H20N2O2/c1-3-11(4-2)10(14)12(7-8-13)9-5-6-9/h9,13H,3-8H2,1-2H3.